The second kappa shape index (κ2) is 7.07. The van der Waals surface area contributed by atoms with Crippen LogP contribution in [0, 0.1) is 0 Å². The van der Waals surface area contributed by atoms with Crippen LogP contribution in [0.25, 0.3) is 0 Å². The molecule has 0 spiro atoms. The molecule has 2 heterocycles. The van der Waals surface area contributed by atoms with Gasteiger partial charge in [-0.1, -0.05) is 31.0 Å². The van der Waals surface area contributed by atoms with Crippen LogP contribution in [0.5, 0.6) is 0 Å². The second-order valence-corrected chi connectivity index (χ2v) is 5.35. The van der Waals surface area contributed by atoms with Crippen molar-refractivity contribution < 1.29 is 0 Å². The number of halogens is 1. The summed E-state index contributed by atoms with van der Waals surface area (Å²) in [6.07, 6.45) is 5.86. The fourth-order valence-corrected chi connectivity index (χ4v) is 2.57. The topological polar surface area (TPSA) is 28.2 Å². The van der Waals surface area contributed by atoms with Gasteiger partial charge in [-0.25, -0.2) is 4.98 Å². The maximum absolute atomic E-state index is 5.80. The van der Waals surface area contributed by atoms with E-state index in [-0.39, 0.29) is 0 Å². The molecule has 1 N–H and O–H groups in total. The Morgan fingerprint density at radius 2 is 2.33 bits per heavy atom. The minimum absolute atomic E-state index is 0.566. The van der Waals surface area contributed by atoms with Crippen molar-refractivity contribution in [3.8, 4) is 0 Å². The number of piperidine rings is 1. The summed E-state index contributed by atoms with van der Waals surface area (Å²) >= 11 is 5.80. The molecule has 18 heavy (non-hydrogen) atoms. The molecule has 100 valence electrons. The summed E-state index contributed by atoms with van der Waals surface area (Å²) in [6.45, 7) is 6.54. The molecule has 4 heteroatoms. The summed E-state index contributed by atoms with van der Waals surface area (Å²) in [5.74, 6) is 0. The normalized spacial score (nSPS) is 20.3. The third kappa shape index (κ3) is 4.23. The van der Waals surface area contributed by atoms with Crippen LogP contribution < -0.4 is 5.32 Å². The Morgan fingerprint density at radius 3 is 2.94 bits per heavy atom. The van der Waals surface area contributed by atoms with Gasteiger partial charge in [0.05, 0.1) is 0 Å². The molecule has 1 aliphatic heterocycles. The van der Waals surface area contributed by atoms with Gasteiger partial charge in [0, 0.05) is 25.3 Å². The van der Waals surface area contributed by atoms with Crippen molar-refractivity contribution in [3.05, 3.63) is 29.0 Å². The average Bonchev–Trinajstić information content (AvgIpc) is 2.41. The first-order chi connectivity index (χ1) is 8.78. The minimum atomic E-state index is 0.566. The van der Waals surface area contributed by atoms with E-state index in [0.29, 0.717) is 11.2 Å². The van der Waals surface area contributed by atoms with E-state index in [4.69, 9.17) is 11.6 Å². The van der Waals surface area contributed by atoms with Crippen molar-refractivity contribution in [2.45, 2.75) is 38.8 Å². The van der Waals surface area contributed by atoms with Gasteiger partial charge >= 0.3 is 0 Å². The van der Waals surface area contributed by atoms with Crippen LogP contribution in [0.2, 0.25) is 5.15 Å². The van der Waals surface area contributed by atoms with Crippen molar-refractivity contribution >= 4 is 11.6 Å². The summed E-state index contributed by atoms with van der Waals surface area (Å²) in [6, 6.07) is 4.58. The van der Waals surface area contributed by atoms with Crippen molar-refractivity contribution in [1.29, 1.82) is 0 Å². The molecule has 2 rings (SSSR count). The number of hydrogen-bond donors (Lipinski definition) is 1. The molecule has 1 saturated heterocycles. The standard InChI is InChI=1S/C14H22ClN3/c1-2-18(11-13-5-3-4-8-16-13)10-12-6-7-14(15)17-9-12/h6-7,9,13,16H,2-5,8,10-11H2,1H3. The quantitative estimate of drug-likeness (QED) is 0.832. The predicted molar refractivity (Wildman–Crippen MR) is 75.8 cm³/mol. The molecule has 0 aromatic carbocycles. The zero-order chi connectivity index (χ0) is 12.8. The number of nitrogens with one attached hydrogen (secondary N) is 1. The molecule has 0 aliphatic carbocycles. The zero-order valence-corrected chi connectivity index (χ0v) is 11.8. The van der Waals surface area contributed by atoms with Crippen molar-refractivity contribution in [2.75, 3.05) is 19.6 Å². The highest BCUT2D eigenvalue weighted by molar-refractivity contribution is 6.29. The molecule has 0 bridgehead atoms. The van der Waals surface area contributed by atoms with Crippen LogP contribution in [-0.2, 0) is 6.54 Å². The maximum Gasteiger partial charge on any atom is 0.129 e. The molecule has 1 aromatic rings. The Hall–Kier alpha value is -0.640. The Balaban J connectivity index is 1.86. The highest BCUT2D eigenvalue weighted by Crippen LogP contribution is 2.12. The number of nitrogens with zero attached hydrogens (tertiary/aromatic N) is 2. The van der Waals surface area contributed by atoms with E-state index in [9.17, 15) is 0 Å². The number of hydrogen-bond acceptors (Lipinski definition) is 3. The van der Waals surface area contributed by atoms with Gasteiger partial charge in [-0.3, -0.25) is 4.90 Å². The summed E-state index contributed by atoms with van der Waals surface area (Å²) in [5, 5.41) is 4.17. The fourth-order valence-electron chi connectivity index (χ4n) is 2.46. The number of rotatable bonds is 5. The van der Waals surface area contributed by atoms with Crippen LogP contribution in [0.1, 0.15) is 31.7 Å². The molecule has 1 unspecified atom stereocenters. The van der Waals surface area contributed by atoms with E-state index in [0.717, 1.165) is 19.6 Å². The minimum Gasteiger partial charge on any atom is -0.313 e. The van der Waals surface area contributed by atoms with Gasteiger partial charge in [0.1, 0.15) is 5.15 Å². The number of aromatic nitrogens is 1. The van der Waals surface area contributed by atoms with Gasteiger partial charge in [-0.2, -0.15) is 0 Å². The van der Waals surface area contributed by atoms with Crippen molar-refractivity contribution in [3.63, 3.8) is 0 Å². The Labute approximate surface area is 115 Å². The maximum atomic E-state index is 5.80. The summed E-state index contributed by atoms with van der Waals surface area (Å²) in [7, 11) is 0. The van der Waals surface area contributed by atoms with E-state index < -0.39 is 0 Å². The molecule has 1 atom stereocenters. The predicted octanol–water partition coefficient (Wildman–Crippen LogP) is 2.70. The van der Waals surface area contributed by atoms with Gasteiger partial charge in [0.15, 0.2) is 0 Å². The Kier molecular flexibility index (Phi) is 5.42. The van der Waals surface area contributed by atoms with Gasteiger partial charge in [0.25, 0.3) is 0 Å². The Bertz CT molecular complexity index is 347. The molecular formula is C14H22ClN3. The lowest BCUT2D eigenvalue weighted by molar-refractivity contribution is 0.226. The lowest BCUT2D eigenvalue weighted by Gasteiger charge is -2.29. The zero-order valence-electron chi connectivity index (χ0n) is 11.0. The van der Waals surface area contributed by atoms with E-state index >= 15 is 0 Å². The highest BCUT2D eigenvalue weighted by Gasteiger charge is 2.15. The lowest BCUT2D eigenvalue weighted by atomic mass is 10.0. The van der Waals surface area contributed by atoms with Gasteiger partial charge < -0.3 is 5.32 Å². The molecule has 0 radical (unpaired) electrons. The number of likely N-dealkylation sites (N-methyl/N-ethyl adjacent to an activating group) is 1. The van der Waals surface area contributed by atoms with Crippen LogP contribution >= 0.6 is 11.6 Å². The van der Waals surface area contributed by atoms with Crippen LogP contribution in [0.4, 0.5) is 0 Å². The van der Waals surface area contributed by atoms with E-state index in [1.54, 1.807) is 0 Å². The average molecular weight is 268 g/mol. The molecule has 0 saturated carbocycles. The largest absolute Gasteiger partial charge is 0.313 e. The van der Waals surface area contributed by atoms with Crippen LogP contribution in [0.3, 0.4) is 0 Å². The molecular weight excluding hydrogens is 246 g/mol. The summed E-state index contributed by atoms with van der Waals surface area (Å²) in [5.41, 5.74) is 1.23. The monoisotopic (exact) mass is 267 g/mol. The first-order valence-corrected chi connectivity index (χ1v) is 7.22. The van der Waals surface area contributed by atoms with E-state index in [1.165, 1.54) is 31.4 Å². The first kappa shape index (κ1) is 13.8. The van der Waals surface area contributed by atoms with Gasteiger partial charge in [-0.05, 0) is 37.6 Å². The first-order valence-electron chi connectivity index (χ1n) is 6.84. The Morgan fingerprint density at radius 1 is 1.44 bits per heavy atom. The van der Waals surface area contributed by atoms with Crippen molar-refractivity contribution in [1.82, 2.24) is 15.2 Å². The molecule has 1 aromatic heterocycles. The van der Waals surface area contributed by atoms with E-state index in [2.05, 4.69) is 28.2 Å². The molecule has 1 aliphatic rings. The number of pyridine rings is 1. The van der Waals surface area contributed by atoms with Crippen LogP contribution in [-0.4, -0.2) is 35.6 Å². The fraction of sp³-hybridized carbons (Fsp3) is 0.643. The lowest BCUT2D eigenvalue weighted by Crippen LogP contribution is -2.43. The van der Waals surface area contributed by atoms with Crippen molar-refractivity contribution in [2.24, 2.45) is 0 Å². The molecule has 0 amide bonds. The van der Waals surface area contributed by atoms with Gasteiger partial charge in [0.2, 0.25) is 0 Å². The smallest absolute Gasteiger partial charge is 0.129 e. The molecule has 3 nitrogen and oxygen atoms in total. The molecule has 1 fully saturated rings. The van der Waals surface area contributed by atoms with Gasteiger partial charge in [-0.15, -0.1) is 0 Å². The summed E-state index contributed by atoms with van der Waals surface area (Å²) in [4.78, 5) is 6.60. The third-order valence-electron chi connectivity index (χ3n) is 3.53. The SMILES string of the molecule is CCN(Cc1ccc(Cl)nc1)CC1CCCCN1. The highest BCUT2D eigenvalue weighted by atomic mass is 35.5. The van der Waals surface area contributed by atoms with Crippen LogP contribution in [0.15, 0.2) is 18.3 Å². The third-order valence-corrected chi connectivity index (χ3v) is 3.76. The second-order valence-electron chi connectivity index (χ2n) is 4.96. The van der Waals surface area contributed by atoms with E-state index in [1.807, 2.05) is 12.3 Å². The summed E-state index contributed by atoms with van der Waals surface area (Å²) < 4.78 is 0.